The van der Waals surface area contributed by atoms with Crippen LogP contribution in [0.15, 0.2) is 59.1 Å². The summed E-state index contributed by atoms with van der Waals surface area (Å²) < 4.78 is 1.09. The maximum absolute atomic E-state index is 9.95. The van der Waals surface area contributed by atoms with Crippen LogP contribution >= 0.6 is 15.9 Å². The Morgan fingerprint density at radius 3 is 2.47 bits per heavy atom. The van der Waals surface area contributed by atoms with Crippen molar-refractivity contribution in [3.63, 3.8) is 0 Å². The van der Waals surface area contributed by atoms with Crippen LogP contribution in [-0.4, -0.2) is 5.11 Å². The van der Waals surface area contributed by atoms with E-state index in [-0.39, 0.29) is 0 Å². The Hall–Kier alpha value is -1.80. The van der Waals surface area contributed by atoms with Crippen LogP contribution in [0.25, 0.3) is 21.9 Å². The fourth-order valence-electron chi connectivity index (χ4n) is 2.34. The third-order valence-corrected chi connectivity index (χ3v) is 4.09. The van der Waals surface area contributed by atoms with E-state index < -0.39 is 0 Å². The molecule has 2 heteroatoms. The highest BCUT2D eigenvalue weighted by molar-refractivity contribution is 9.10. The first-order valence-electron chi connectivity index (χ1n) is 6.14. The third kappa shape index (κ3) is 2.13. The number of rotatable bonds is 1. The van der Waals surface area contributed by atoms with Crippen LogP contribution in [0.5, 0.6) is 5.75 Å². The number of aryl methyl sites for hydroxylation is 1. The van der Waals surface area contributed by atoms with Crippen molar-refractivity contribution in [1.82, 2.24) is 0 Å². The van der Waals surface area contributed by atoms with E-state index in [1.165, 1.54) is 16.3 Å². The van der Waals surface area contributed by atoms with Crippen molar-refractivity contribution in [3.05, 3.63) is 64.6 Å². The molecule has 0 aliphatic heterocycles. The molecule has 0 saturated heterocycles. The molecule has 3 aromatic rings. The number of fused-ring (bicyclic) bond motifs is 1. The number of aromatic hydroxyl groups is 1. The van der Waals surface area contributed by atoms with E-state index in [4.69, 9.17) is 0 Å². The molecule has 1 nitrogen and oxygen atoms in total. The Bertz CT molecular complexity index is 762. The van der Waals surface area contributed by atoms with Crippen LogP contribution in [0, 0.1) is 6.92 Å². The SMILES string of the molecule is Cc1ccc(Br)c2ccc(-c3ccccc3O)cc12. The molecule has 94 valence electrons. The Balaban J connectivity index is 2.28. The van der Waals surface area contributed by atoms with E-state index in [1.807, 2.05) is 24.3 Å². The number of hydrogen-bond donors (Lipinski definition) is 1. The highest BCUT2D eigenvalue weighted by Crippen LogP contribution is 2.34. The summed E-state index contributed by atoms with van der Waals surface area (Å²) in [5.74, 6) is 0.314. The standard InChI is InChI=1S/C17H13BrO/c1-11-6-9-16(18)14-8-7-12(10-15(11)14)13-4-2-3-5-17(13)19/h2-10,19H,1H3. The van der Waals surface area contributed by atoms with Gasteiger partial charge in [-0.3, -0.25) is 0 Å². The summed E-state index contributed by atoms with van der Waals surface area (Å²) in [6.07, 6.45) is 0. The first-order chi connectivity index (χ1) is 9.16. The Morgan fingerprint density at radius 2 is 1.68 bits per heavy atom. The molecule has 0 bridgehead atoms. The van der Waals surface area contributed by atoms with Gasteiger partial charge in [-0.05, 0) is 47.0 Å². The molecule has 0 radical (unpaired) electrons. The fourth-order valence-corrected chi connectivity index (χ4v) is 2.82. The lowest BCUT2D eigenvalue weighted by Crippen LogP contribution is -1.83. The average Bonchev–Trinajstić information content (AvgIpc) is 2.43. The zero-order valence-corrected chi connectivity index (χ0v) is 12.1. The third-order valence-electron chi connectivity index (χ3n) is 3.40. The molecule has 0 heterocycles. The Morgan fingerprint density at radius 1 is 0.895 bits per heavy atom. The van der Waals surface area contributed by atoms with Gasteiger partial charge in [-0.15, -0.1) is 0 Å². The number of benzene rings is 3. The highest BCUT2D eigenvalue weighted by atomic mass is 79.9. The second kappa shape index (κ2) is 4.71. The molecule has 0 spiro atoms. The Labute approximate surface area is 120 Å². The first kappa shape index (κ1) is 12.2. The quantitative estimate of drug-likeness (QED) is 0.648. The van der Waals surface area contributed by atoms with Gasteiger partial charge in [0.2, 0.25) is 0 Å². The summed E-state index contributed by atoms with van der Waals surface area (Å²) in [5, 5.41) is 12.3. The van der Waals surface area contributed by atoms with Crippen LogP contribution in [0.4, 0.5) is 0 Å². The maximum atomic E-state index is 9.95. The average molecular weight is 313 g/mol. The molecule has 0 saturated carbocycles. The van der Waals surface area contributed by atoms with Crippen molar-refractivity contribution in [3.8, 4) is 16.9 Å². The van der Waals surface area contributed by atoms with Crippen LogP contribution in [0.2, 0.25) is 0 Å². The predicted octanol–water partition coefficient (Wildman–Crippen LogP) is 5.28. The van der Waals surface area contributed by atoms with Gasteiger partial charge in [0.15, 0.2) is 0 Å². The normalized spacial score (nSPS) is 10.8. The van der Waals surface area contributed by atoms with Gasteiger partial charge in [0.1, 0.15) is 5.75 Å². The molecule has 0 atom stereocenters. The van der Waals surface area contributed by atoms with Gasteiger partial charge in [0, 0.05) is 10.0 Å². The van der Waals surface area contributed by atoms with E-state index >= 15 is 0 Å². The summed E-state index contributed by atoms with van der Waals surface area (Å²) in [5.41, 5.74) is 3.13. The lowest BCUT2D eigenvalue weighted by Gasteiger charge is -2.09. The summed E-state index contributed by atoms with van der Waals surface area (Å²) in [4.78, 5) is 0. The number of phenolic OH excluding ortho intramolecular Hbond substituents is 1. The van der Waals surface area contributed by atoms with Crippen molar-refractivity contribution >= 4 is 26.7 Å². The molecule has 19 heavy (non-hydrogen) atoms. The molecule has 1 N–H and O–H groups in total. The number of phenols is 1. The largest absolute Gasteiger partial charge is 0.507 e. The van der Waals surface area contributed by atoms with Crippen LogP contribution in [0.1, 0.15) is 5.56 Å². The van der Waals surface area contributed by atoms with Gasteiger partial charge >= 0.3 is 0 Å². The fraction of sp³-hybridized carbons (Fsp3) is 0.0588. The smallest absolute Gasteiger partial charge is 0.123 e. The minimum Gasteiger partial charge on any atom is -0.507 e. The number of para-hydroxylation sites is 1. The highest BCUT2D eigenvalue weighted by Gasteiger charge is 2.07. The van der Waals surface area contributed by atoms with Crippen LogP contribution < -0.4 is 0 Å². The van der Waals surface area contributed by atoms with Gasteiger partial charge in [-0.25, -0.2) is 0 Å². The molecule has 3 aromatic carbocycles. The second-order valence-corrected chi connectivity index (χ2v) is 5.50. The first-order valence-corrected chi connectivity index (χ1v) is 6.93. The van der Waals surface area contributed by atoms with Crippen molar-refractivity contribution < 1.29 is 5.11 Å². The molecule has 0 aliphatic rings. The molecule has 0 aromatic heterocycles. The lowest BCUT2D eigenvalue weighted by atomic mass is 9.98. The van der Waals surface area contributed by atoms with E-state index in [9.17, 15) is 5.11 Å². The molecule has 0 unspecified atom stereocenters. The molecule has 0 aliphatic carbocycles. The maximum Gasteiger partial charge on any atom is 0.123 e. The molecule has 3 rings (SSSR count). The van der Waals surface area contributed by atoms with Gasteiger partial charge in [-0.2, -0.15) is 0 Å². The zero-order valence-electron chi connectivity index (χ0n) is 10.5. The van der Waals surface area contributed by atoms with Crippen LogP contribution in [-0.2, 0) is 0 Å². The molecule has 0 amide bonds. The minimum absolute atomic E-state index is 0.314. The number of halogens is 1. The summed E-state index contributed by atoms with van der Waals surface area (Å²) in [7, 11) is 0. The summed E-state index contributed by atoms with van der Waals surface area (Å²) in [6, 6.07) is 17.9. The van der Waals surface area contributed by atoms with E-state index in [0.29, 0.717) is 5.75 Å². The van der Waals surface area contributed by atoms with E-state index in [0.717, 1.165) is 15.6 Å². The second-order valence-electron chi connectivity index (χ2n) is 4.64. The predicted molar refractivity (Wildman–Crippen MR) is 83.5 cm³/mol. The zero-order chi connectivity index (χ0) is 13.4. The topological polar surface area (TPSA) is 20.2 Å². The molecule has 0 fully saturated rings. The van der Waals surface area contributed by atoms with Crippen LogP contribution in [0.3, 0.4) is 0 Å². The molecular formula is C17H13BrO. The monoisotopic (exact) mass is 312 g/mol. The van der Waals surface area contributed by atoms with Crippen molar-refractivity contribution in [2.75, 3.05) is 0 Å². The summed E-state index contributed by atoms with van der Waals surface area (Å²) in [6.45, 7) is 2.10. The molecular weight excluding hydrogens is 300 g/mol. The number of hydrogen-bond acceptors (Lipinski definition) is 1. The van der Waals surface area contributed by atoms with Gasteiger partial charge < -0.3 is 5.11 Å². The minimum atomic E-state index is 0.314. The van der Waals surface area contributed by atoms with Crippen molar-refractivity contribution in [2.45, 2.75) is 6.92 Å². The van der Waals surface area contributed by atoms with E-state index in [1.54, 1.807) is 6.07 Å². The van der Waals surface area contributed by atoms with Crippen molar-refractivity contribution in [1.29, 1.82) is 0 Å². The van der Waals surface area contributed by atoms with Gasteiger partial charge in [0.05, 0.1) is 0 Å². The van der Waals surface area contributed by atoms with Gasteiger partial charge in [0.25, 0.3) is 0 Å². The van der Waals surface area contributed by atoms with Crippen molar-refractivity contribution in [2.24, 2.45) is 0 Å². The van der Waals surface area contributed by atoms with E-state index in [2.05, 4.69) is 47.1 Å². The lowest BCUT2D eigenvalue weighted by molar-refractivity contribution is 0.477. The van der Waals surface area contributed by atoms with Gasteiger partial charge in [-0.1, -0.05) is 52.3 Å². The Kier molecular flexibility index (Phi) is 3.03. The summed E-state index contributed by atoms with van der Waals surface area (Å²) >= 11 is 3.58.